The fourth-order valence-electron chi connectivity index (χ4n) is 3.46. The van der Waals surface area contributed by atoms with Crippen molar-refractivity contribution >= 4 is 23.0 Å². The van der Waals surface area contributed by atoms with Crippen molar-refractivity contribution in [1.29, 1.82) is 0 Å². The number of aliphatic hydroxyl groups excluding tert-OH is 1. The van der Waals surface area contributed by atoms with Gasteiger partial charge in [-0.1, -0.05) is 13.8 Å². The Kier molecular flexibility index (Phi) is 4.49. The quantitative estimate of drug-likeness (QED) is 0.665. The predicted molar refractivity (Wildman–Crippen MR) is 96.4 cm³/mol. The van der Waals surface area contributed by atoms with E-state index in [2.05, 4.69) is 20.3 Å². The molecule has 4 heterocycles. The molecule has 0 saturated carbocycles. The molecule has 152 valence electrons. The van der Waals surface area contributed by atoms with Gasteiger partial charge in [0.1, 0.15) is 18.3 Å². The van der Waals surface area contributed by atoms with Gasteiger partial charge in [0.05, 0.1) is 12.9 Å². The molecule has 11 nitrogen and oxygen atoms in total. The highest BCUT2D eigenvalue weighted by atomic mass is 16.8. The van der Waals surface area contributed by atoms with Gasteiger partial charge in [-0.25, -0.2) is 4.98 Å². The number of hydrogen-bond donors (Lipinski definition) is 3. The first kappa shape index (κ1) is 19.0. The maximum absolute atomic E-state index is 12.4. The average Bonchev–Trinajstić information content (AvgIpc) is 3.25. The molecule has 0 radical (unpaired) electrons. The molecule has 4 rings (SSSR count). The Balaban J connectivity index is 1.74. The first-order valence-electron chi connectivity index (χ1n) is 9.10. The van der Waals surface area contributed by atoms with Crippen molar-refractivity contribution in [2.75, 3.05) is 11.9 Å². The number of aliphatic hydroxyl groups is 1. The largest absolute Gasteiger partial charge is 0.394 e. The smallest absolute Gasteiger partial charge is 0.280 e. The summed E-state index contributed by atoms with van der Waals surface area (Å²) >= 11 is 0. The molecule has 0 aromatic carbocycles. The Hall–Kier alpha value is -2.34. The highest BCUT2D eigenvalue weighted by molar-refractivity contribution is 5.91. The number of carbonyl (C=O) groups excluding carboxylic acids is 1. The van der Waals surface area contributed by atoms with Crippen LogP contribution in [0.25, 0.3) is 11.2 Å². The van der Waals surface area contributed by atoms with Gasteiger partial charge in [0.25, 0.3) is 5.56 Å². The van der Waals surface area contributed by atoms with Crippen LogP contribution in [0.4, 0.5) is 5.95 Å². The van der Waals surface area contributed by atoms with Crippen LogP contribution in [0.5, 0.6) is 0 Å². The number of nitrogens with one attached hydrogen (secondary N) is 2. The summed E-state index contributed by atoms with van der Waals surface area (Å²) in [6.07, 6.45) is -0.839. The molecule has 11 heteroatoms. The second-order valence-corrected chi connectivity index (χ2v) is 7.69. The van der Waals surface area contributed by atoms with Crippen molar-refractivity contribution in [2.24, 2.45) is 5.92 Å². The van der Waals surface area contributed by atoms with E-state index in [1.807, 2.05) is 0 Å². The molecule has 2 aromatic rings. The van der Waals surface area contributed by atoms with Crippen molar-refractivity contribution in [3.8, 4) is 0 Å². The van der Waals surface area contributed by atoms with E-state index in [0.717, 1.165) is 0 Å². The van der Waals surface area contributed by atoms with E-state index in [1.54, 1.807) is 32.3 Å². The zero-order chi connectivity index (χ0) is 20.2. The van der Waals surface area contributed by atoms with Gasteiger partial charge < -0.3 is 19.3 Å². The van der Waals surface area contributed by atoms with Crippen molar-refractivity contribution in [1.82, 2.24) is 19.5 Å². The summed E-state index contributed by atoms with van der Waals surface area (Å²) in [4.78, 5) is 35.3. The molecular weight excluding hydrogens is 370 g/mol. The van der Waals surface area contributed by atoms with Crippen molar-refractivity contribution < 1.29 is 24.1 Å². The fourth-order valence-corrected chi connectivity index (χ4v) is 3.46. The molecule has 2 aliphatic rings. The van der Waals surface area contributed by atoms with Gasteiger partial charge in [0.15, 0.2) is 23.2 Å². The summed E-state index contributed by atoms with van der Waals surface area (Å²) in [5.41, 5.74) is -0.147. The lowest BCUT2D eigenvalue weighted by Gasteiger charge is -2.24. The normalized spacial score (nSPS) is 28.8. The maximum atomic E-state index is 12.4. The highest BCUT2D eigenvalue weighted by Crippen LogP contribution is 2.43. The van der Waals surface area contributed by atoms with Crippen LogP contribution in [-0.2, 0) is 19.0 Å². The van der Waals surface area contributed by atoms with E-state index in [4.69, 9.17) is 14.2 Å². The summed E-state index contributed by atoms with van der Waals surface area (Å²) < 4.78 is 19.3. The lowest BCUT2D eigenvalue weighted by Crippen LogP contribution is -2.31. The molecule has 28 heavy (non-hydrogen) atoms. The minimum atomic E-state index is -0.831. The van der Waals surface area contributed by atoms with Gasteiger partial charge in [-0.05, 0) is 13.8 Å². The van der Waals surface area contributed by atoms with Crippen LogP contribution in [0, 0.1) is 5.92 Å². The molecule has 0 unspecified atom stereocenters. The third-order valence-corrected chi connectivity index (χ3v) is 4.78. The van der Waals surface area contributed by atoms with E-state index in [0.29, 0.717) is 0 Å². The molecule has 4 atom stereocenters. The van der Waals surface area contributed by atoms with Gasteiger partial charge in [-0.15, -0.1) is 0 Å². The van der Waals surface area contributed by atoms with Crippen LogP contribution >= 0.6 is 0 Å². The minimum Gasteiger partial charge on any atom is -0.394 e. The number of aromatic amines is 1. The Labute approximate surface area is 160 Å². The van der Waals surface area contributed by atoms with Gasteiger partial charge in [0.2, 0.25) is 11.9 Å². The van der Waals surface area contributed by atoms with Crippen molar-refractivity contribution in [3.05, 3.63) is 16.7 Å². The molecule has 1 amide bonds. The third-order valence-electron chi connectivity index (χ3n) is 4.78. The Bertz CT molecular complexity index is 967. The van der Waals surface area contributed by atoms with Crippen LogP contribution in [0.2, 0.25) is 0 Å². The van der Waals surface area contributed by atoms with Gasteiger partial charge >= 0.3 is 0 Å². The van der Waals surface area contributed by atoms with Gasteiger partial charge in [-0.3, -0.25) is 24.5 Å². The van der Waals surface area contributed by atoms with Crippen molar-refractivity contribution in [2.45, 2.75) is 58.0 Å². The molecular formula is C17H23N5O6. The molecule has 2 aliphatic heterocycles. The number of H-pyrrole nitrogens is 1. The number of anilines is 1. The Morgan fingerprint density at radius 2 is 2.11 bits per heavy atom. The number of nitrogens with zero attached hydrogens (tertiary/aromatic N) is 3. The number of fused-ring (bicyclic) bond motifs is 2. The van der Waals surface area contributed by atoms with Gasteiger partial charge in [0, 0.05) is 5.92 Å². The predicted octanol–water partition coefficient (Wildman–Crippen LogP) is 0.124. The number of hydrogen-bond acceptors (Lipinski definition) is 8. The lowest BCUT2D eigenvalue weighted by atomic mass is 10.1. The number of ether oxygens (including phenoxy) is 3. The van der Waals surface area contributed by atoms with Crippen LogP contribution in [0.3, 0.4) is 0 Å². The highest BCUT2D eigenvalue weighted by Gasteiger charge is 2.56. The zero-order valence-corrected chi connectivity index (χ0v) is 16.0. The number of amides is 1. The lowest BCUT2D eigenvalue weighted by molar-refractivity contribution is -0.199. The standard InChI is InChI=1S/C17H23N5O6/c1-7(2)13(24)20-16-19-12-9(14(25)21-16)18-6-22(12)15-11-10(8(5-23)26-15)27-17(3,4)28-11/h6-8,10-11,15,23H,5H2,1-4H3,(H2,19,20,21,24,25)/t8-,10+,11-,15-/m0/s1. The molecule has 2 fully saturated rings. The molecule has 2 saturated heterocycles. The van der Waals surface area contributed by atoms with Gasteiger partial charge in [-0.2, -0.15) is 4.98 Å². The monoisotopic (exact) mass is 393 g/mol. The Morgan fingerprint density at radius 3 is 2.79 bits per heavy atom. The number of carbonyl (C=O) groups is 1. The molecule has 2 aromatic heterocycles. The number of aromatic nitrogens is 4. The minimum absolute atomic E-state index is 0.0233. The van der Waals surface area contributed by atoms with E-state index >= 15 is 0 Å². The number of rotatable bonds is 4. The van der Waals surface area contributed by atoms with Crippen LogP contribution in [0.15, 0.2) is 11.1 Å². The molecule has 3 N–H and O–H groups in total. The summed E-state index contributed by atoms with van der Waals surface area (Å²) in [5, 5.41) is 12.2. The summed E-state index contributed by atoms with van der Waals surface area (Å²) in [6.45, 7) is 6.79. The van der Waals surface area contributed by atoms with E-state index in [1.165, 1.54) is 6.33 Å². The van der Waals surface area contributed by atoms with Crippen LogP contribution in [-0.4, -0.2) is 61.2 Å². The Morgan fingerprint density at radius 1 is 1.39 bits per heavy atom. The summed E-state index contributed by atoms with van der Waals surface area (Å²) in [7, 11) is 0. The van der Waals surface area contributed by atoms with Crippen LogP contribution in [0.1, 0.15) is 33.9 Å². The second-order valence-electron chi connectivity index (χ2n) is 7.69. The summed E-state index contributed by atoms with van der Waals surface area (Å²) in [5.74, 6) is -1.36. The van der Waals surface area contributed by atoms with Crippen molar-refractivity contribution in [3.63, 3.8) is 0 Å². The van der Waals surface area contributed by atoms with E-state index < -0.39 is 35.9 Å². The first-order valence-corrected chi connectivity index (χ1v) is 9.10. The second kappa shape index (κ2) is 6.62. The zero-order valence-electron chi connectivity index (χ0n) is 16.0. The molecule has 0 aliphatic carbocycles. The molecule has 0 bridgehead atoms. The maximum Gasteiger partial charge on any atom is 0.280 e. The third kappa shape index (κ3) is 3.09. The SMILES string of the molecule is CC(C)C(=O)Nc1nc2c(ncn2[C@H]2O[C@@H](CO)[C@H]3OC(C)(C)O[C@@H]32)c(=O)[nH]1. The van der Waals surface area contributed by atoms with E-state index in [-0.39, 0.29) is 35.5 Å². The topological polar surface area (TPSA) is 141 Å². The average molecular weight is 393 g/mol. The van der Waals surface area contributed by atoms with Crippen LogP contribution < -0.4 is 10.9 Å². The fraction of sp³-hybridized carbons (Fsp3) is 0.647. The number of imidazole rings is 1. The summed E-state index contributed by atoms with van der Waals surface area (Å²) in [6, 6.07) is 0. The molecule has 0 spiro atoms. The first-order chi connectivity index (χ1) is 13.2. The van der Waals surface area contributed by atoms with E-state index in [9.17, 15) is 14.7 Å².